The van der Waals surface area contributed by atoms with Gasteiger partial charge in [-0.05, 0) is 12.1 Å². The molecule has 2 heterocycles. The molecule has 0 saturated heterocycles. The highest BCUT2D eigenvalue weighted by molar-refractivity contribution is 7.96. The summed E-state index contributed by atoms with van der Waals surface area (Å²) in [6, 6.07) is 1.22. The first kappa shape index (κ1) is 18.8. The number of pyridine rings is 1. The molecule has 0 amide bonds. The van der Waals surface area contributed by atoms with E-state index in [2.05, 4.69) is 16.5 Å². The Morgan fingerprint density at radius 2 is 2.08 bits per heavy atom. The third-order valence-electron chi connectivity index (χ3n) is 3.20. The van der Waals surface area contributed by atoms with Crippen LogP contribution in [0.2, 0.25) is 0 Å². The van der Waals surface area contributed by atoms with Crippen LogP contribution in [0.25, 0.3) is 11.2 Å². The molecule has 11 heteroatoms. The van der Waals surface area contributed by atoms with Crippen LogP contribution >= 0.6 is 0 Å². The molecule has 0 radical (unpaired) electrons. The number of nitrogens with zero attached hydrogens (tertiary/aromatic N) is 2. The van der Waals surface area contributed by atoms with Crippen LogP contribution in [-0.2, 0) is 19.7 Å². The molecule has 1 N–H and O–H groups in total. The fraction of sp³-hybridized carbons (Fsp3) is 0.214. The van der Waals surface area contributed by atoms with Crippen molar-refractivity contribution in [3.63, 3.8) is 0 Å². The Labute approximate surface area is 144 Å². The standard InChI is InChI=1S/C14H15N3O6S2/c1-4-6-11(25(21,22)5-2)12(17-18)14-16-10-7-9(24(3,19)20)8-15-13(10)23-14/h4,6-8,17H,1,5H2,2-3H3/b11-6+,17-12-. The molecular formula is C14H15N3O6S2. The van der Waals surface area contributed by atoms with Gasteiger partial charge in [0, 0.05) is 12.5 Å². The van der Waals surface area contributed by atoms with Crippen molar-refractivity contribution in [3.8, 4) is 0 Å². The molecule has 0 atom stereocenters. The van der Waals surface area contributed by atoms with Gasteiger partial charge in [0.25, 0.3) is 11.6 Å². The third kappa shape index (κ3) is 3.77. The van der Waals surface area contributed by atoms with Gasteiger partial charge < -0.3 is 9.62 Å². The predicted octanol–water partition coefficient (Wildman–Crippen LogP) is -0.502. The summed E-state index contributed by atoms with van der Waals surface area (Å²) in [5, 5.41) is 12.9. The van der Waals surface area contributed by atoms with E-state index in [0.717, 1.165) is 18.5 Å². The molecule has 0 spiro atoms. The van der Waals surface area contributed by atoms with Crippen LogP contribution in [0.4, 0.5) is 0 Å². The van der Waals surface area contributed by atoms with Gasteiger partial charge in [0.2, 0.25) is 5.71 Å². The first-order valence-electron chi connectivity index (χ1n) is 6.92. The molecule has 9 nitrogen and oxygen atoms in total. The maximum atomic E-state index is 12.2. The average molecular weight is 385 g/mol. The van der Waals surface area contributed by atoms with Gasteiger partial charge in [-0.2, -0.15) is 0 Å². The van der Waals surface area contributed by atoms with Crippen LogP contribution in [0.15, 0.2) is 45.2 Å². The van der Waals surface area contributed by atoms with Crippen molar-refractivity contribution in [2.24, 2.45) is 0 Å². The van der Waals surface area contributed by atoms with Crippen LogP contribution in [-0.4, -0.2) is 44.5 Å². The fourth-order valence-corrected chi connectivity index (χ4v) is 3.54. The van der Waals surface area contributed by atoms with Gasteiger partial charge in [-0.3, -0.25) is 0 Å². The number of allylic oxidation sites excluding steroid dienone is 3. The molecule has 0 fully saturated rings. The maximum Gasteiger partial charge on any atom is 0.297 e. The largest absolute Gasteiger partial charge is 0.625 e. The van der Waals surface area contributed by atoms with Gasteiger partial charge in [-0.1, -0.05) is 19.6 Å². The number of nitrogens with one attached hydrogen (secondary N) is 1. The molecule has 0 aliphatic carbocycles. The van der Waals surface area contributed by atoms with Crippen molar-refractivity contribution in [1.29, 1.82) is 0 Å². The lowest BCUT2D eigenvalue weighted by molar-refractivity contribution is -0.372. The van der Waals surface area contributed by atoms with Gasteiger partial charge >= 0.3 is 0 Å². The van der Waals surface area contributed by atoms with E-state index in [0.29, 0.717) is 0 Å². The second-order valence-corrected chi connectivity index (χ2v) is 9.20. The van der Waals surface area contributed by atoms with Gasteiger partial charge in [0.15, 0.2) is 19.7 Å². The molecule has 0 unspecified atom stereocenters. The molecule has 0 bridgehead atoms. The number of fused-ring (bicyclic) bond motifs is 1. The number of hydrogen-bond donors (Lipinski definition) is 1. The minimum absolute atomic E-state index is 0.0398. The van der Waals surface area contributed by atoms with E-state index in [-0.39, 0.29) is 32.7 Å². The number of hydrogen-bond acceptors (Lipinski definition) is 8. The summed E-state index contributed by atoms with van der Waals surface area (Å²) in [5.41, 5.74) is -0.389. The third-order valence-corrected chi connectivity index (χ3v) is 6.05. The second-order valence-electron chi connectivity index (χ2n) is 4.93. The number of rotatable bonds is 6. The Morgan fingerprint density at radius 3 is 2.60 bits per heavy atom. The smallest absolute Gasteiger partial charge is 0.297 e. The zero-order valence-electron chi connectivity index (χ0n) is 13.4. The van der Waals surface area contributed by atoms with Crippen LogP contribution in [0.3, 0.4) is 0 Å². The first-order chi connectivity index (χ1) is 11.6. The predicted molar refractivity (Wildman–Crippen MR) is 91.1 cm³/mol. The molecule has 2 aromatic heterocycles. The summed E-state index contributed by atoms with van der Waals surface area (Å²) in [4.78, 5) is 7.39. The summed E-state index contributed by atoms with van der Waals surface area (Å²) in [6.07, 6.45) is 4.44. The van der Waals surface area contributed by atoms with Crippen LogP contribution in [0.1, 0.15) is 12.8 Å². The maximum absolute atomic E-state index is 12.2. The van der Waals surface area contributed by atoms with E-state index in [1.165, 1.54) is 24.2 Å². The summed E-state index contributed by atoms with van der Waals surface area (Å²) in [6.45, 7) is 4.84. The SMILES string of the molecule is C=C/C=C(\C(=[NH+]\[O-])c1nc2cc(S(C)(=O)=O)cnc2o1)S(=O)(=O)CC. The summed E-state index contributed by atoms with van der Waals surface area (Å²) in [5.74, 6) is -0.581. The molecule has 0 aliphatic heterocycles. The number of aromatic nitrogens is 2. The molecule has 0 saturated carbocycles. The van der Waals surface area contributed by atoms with E-state index in [1.54, 1.807) is 0 Å². The topological polar surface area (TPSA) is 144 Å². The van der Waals surface area contributed by atoms with Gasteiger partial charge in [-0.15, -0.1) is 0 Å². The minimum Gasteiger partial charge on any atom is -0.625 e. The van der Waals surface area contributed by atoms with Crippen molar-refractivity contribution < 1.29 is 26.4 Å². The zero-order valence-corrected chi connectivity index (χ0v) is 15.0. The average Bonchev–Trinajstić information content (AvgIpc) is 2.96. The van der Waals surface area contributed by atoms with Crippen LogP contribution in [0.5, 0.6) is 0 Å². The normalized spacial score (nSPS) is 14.0. The number of sulfone groups is 2. The van der Waals surface area contributed by atoms with Crippen molar-refractivity contribution in [2.45, 2.75) is 11.8 Å². The Morgan fingerprint density at radius 1 is 1.40 bits per heavy atom. The highest BCUT2D eigenvalue weighted by Gasteiger charge is 2.30. The lowest BCUT2D eigenvalue weighted by Crippen LogP contribution is -2.66. The van der Waals surface area contributed by atoms with Crippen LogP contribution in [0, 0.1) is 5.21 Å². The van der Waals surface area contributed by atoms with E-state index in [1.807, 2.05) is 0 Å². The molecular weight excluding hydrogens is 370 g/mol. The van der Waals surface area contributed by atoms with Crippen molar-refractivity contribution in [1.82, 2.24) is 9.97 Å². The van der Waals surface area contributed by atoms with E-state index in [9.17, 15) is 22.0 Å². The zero-order chi connectivity index (χ0) is 18.8. The molecule has 134 valence electrons. The van der Waals surface area contributed by atoms with E-state index >= 15 is 0 Å². The van der Waals surface area contributed by atoms with E-state index < -0.39 is 25.4 Å². The summed E-state index contributed by atoms with van der Waals surface area (Å²) in [7, 11) is -7.29. The van der Waals surface area contributed by atoms with Gasteiger partial charge in [-0.25, -0.2) is 32.0 Å². The fourth-order valence-electron chi connectivity index (χ4n) is 1.92. The Bertz CT molecular complexity index is 1090. The Kier molecular flexibility index (Phi) is 5.09. The number of oxazole rings is 1. The molecule has 2 aromatic rings. The highest BCUT2D eigenvalue weighted by atomic mass is 32.2. The molecule has 0 aromatic carbocycles. The van der Waals surface area contributed by atoms with Crippen molar-refractivity contribution in [2.75, 3.05) is 12.0 Å². The Balaban J connectivity index is 2.66. The monoisotopic (exact) mass is 385 g/mol. The van der Waals surface area contributed by atoms with Gasteiger partial charge in [0.1, 0.15) is 10.4 Å². The summed E-state index contributed by atoms with van der Waals surface area (Å²) >= 11 is 0. The quantitative estimate of drug-likeness (QED) is 0.303. The second kappa shape index (κ2) is 6.76. The first-order valence-corrected chi connectivity index (χ1v) is 10.5. The van der Waals surface area contributed by atoms with Gasteiger partial charge in [0.05, 0.1) is 10.6 Å². The lowest BCUT2D eigenvalue weighted by atomic mass is 10.3. The minimum atomic E-state index is -3.78. The molecule has 25 heavy (non-hydrogen) atoms. The van der Waals surface area contributed by atoms with E-state index in [4.69, 9.17) is 4.42 Å². The molecule has 2 rings (SSSR count). The lowest BCUT2D eigenvalue weighted by Gasteiger charge is -2.03. The van der Waals surface area contributed by atoms with Crippen LogP contribution < -0.4 is 5.16 Å². The van der Waals surface area contributed by atoms with Crippen molar-refractivity contribution >= 4 is 36.6 Å². The Hall–Kier alpha value is -2.53. The highest BCUT2D eigenvalue weighted by Crippen LogP contribution is 2.20. The van der Waals surface area contributed by atoms with Crippen molar-refractivity contribution in [3.05, 3.63) is 47.0 Å². The molecule has 0 aliphatic rings. The summed E-state index contributed by atoms with van der Waals surface area (Å²) < 4.78 is 52.8.